The van der Waals surface area contributed by atoms with Gasteiger partial charge in [-0.2, -0.15) is 0 Å². The number of anilines is 1. The van der Waals surface area contributed by atoms with Crippen LogP contribution in [0.5, 0.6) is 0 Å². The number of carbonyl (C=O) groups excluding carboxylic acids is 5. The molecule has 3 amide bonds. The molecule has 0 saturated carbocycles. The van der Waals surface area contributed by atoms with Gasteiger partial charge in [0.25, 0.3) is 11.8 Å². The molecule has 3 aromatic rings. The van der Waals surface area contributed by atoms with E-state index >= 15 is 0 Å². The van der Waals surface area contributed by atoms with Crippen LogP contribution in [-0.2, 0) is 49.0 Å². The first-order valence-corrected chi connectivity index (χ1v) is 20.5. The number of thiazole rings is 1. The number of fused-ring (bicyclic) bond motifs is 1. The molecule has 2 aliphatic heterocycles. The maximum absolute atomic E-state index is 14.0. The third-order valence-electron chi connectivity index (χ3n) is 8.10. The number of hydrogen-bond acceptors (Lipinski definition) is 13. The van der Waals surface area contributed by atoms with Gasteiger partial charge in [0, 0.05) is 11.3 Å². The summed E-state index contributed by atoms with van der Waals surface area (Å²) in [4.78, 5) is 78.2. The van der Waals surface area contributed by atoms with Crippen molar-refractivity contribution in [3.8, 4) is 0 Å². The van der Waals surface area contributed by atoms with Crippen LogP contribution in [0.15, 0.2) is 82.5 Å². The summed E-state index contributed by atoms with van der Waals surface area (Å²) >= 11 is 7.19. The largest absolute Gasteiger partial charge is 0.457 e. The Kier molecular flexibility index (Phi) is 12.9. The first kappa shape index (κ1) is 43.0. The molecule has 304 valence electrons. The molecular formula is C39H44ClN5O10S2. The van der Waals surface area contributed by atoms with Gasteiger partial charge >= 0.3 is 18.0 Å². The molecule has 0 bridgehead atoms. The van der Waals surface area contributed by atoms with E-state index in [-0.39, 0.29) is 33.7 Å². The maximum Gasteiger partial charge on any atom is 0.413 e. The third-order valence-corrected chi connectivity index (χ3v) is 10.8. The highest BCUT2D eigenvalue weighted by Gasteiger charge is 2.57. The van der Waals surface area contributed by atoms with Gasteiger partial charge in [-0.25, -0.2) is 19.4 Å². The number of halogens is 1. The van der Waals surface area contributed by atoms with Crippen molar-refractivity contribution in [2.75, 3.05) is 16.9 Å². The summed E-state index contributed by atoms with van der Waals surface area (Å²) in [5.74, 6) is -3.78. The summed E-state index contributed by atoms with van der Waals surface area (Å²) < 4.78 is 30.4. The Hall–Kier alpha value is -5.13. The molecule has 1 aromatic heterocycles. The predicted molar refractivity (Wildman–Crippen MR) is 214 cm³/mol. The molecule has 3 heterocycles. The number of nitrogens with zero attached hydrogens (tertiary/aromatic N) is 3. The lowest BCUT2D eigenvalue weighted by Crippen LogP contribution is -2.74. The Balaban J connectivity index is 1.42. The van der Waals surface area contributed by atoms with Crippen LogP contribution < -0.4 is 10.6 Å². The number of aromatic nitrogens is 1. The second-order valence-electron chi connectivity index (χ2n) is 15.5. The van der Waals surface area contributed by atoms with Crippen LogP contribution in [0.3, 0.4) is 0 Å². The molecule has 1 fully saturated rings. The lowest BCUT2D eigenvalue weighted by molar-refractivity contribution is -0.179. The van der Waals surface area contributed by atoms with Crippen LogP contribution in [0.2, 0.25) is 0 Å². The highest BCUT2D eigenvalue weighted by Crippen LogP contribution is 2.37. The molecule has 1 saturated heterocycles. The number of nitrogens with one attached hydrogen (secondary N) is 2. The van der Waals surface area contributed by atoms with E-state index in [0.717, 1.165) is 16.2 Å². The van der Waals surface area contributed by atoms with Gasteiger partial charge in [-0.15, -0.1) is 22.9 Å². The third kappa shape index (κ3) is 10.4. The minimum atomic E-state index is -1.82. The Bertz CT molecular complexity index is 2070. The monoisotopic (exact) mass is 841 g/mol. The molecule has 3 atom stereocenters. The molecule has 57 heavy (non-hydrogen) atoms. The van der Waals surface area contributed by atoms with Crippen molar-refractivity contribution in [1.82, 2.24) is 15.2 Å². The highest BCUT2D eigenvalue weighted by atomic mass is 35.5. The standard InChI is InChI=1S/C39H44ClN5O10S2/c1-37(2,3)53-34(49)39(7,8)55-44-26(25-20-56-35(41-25)43-36(50)54-38(4,5)6)30(46)42-27-31(47)45-28(24(19-40)21-57(51)32(27)45)33(48)52-29(22-15-11-9-12-16-22)23-17-13-10-14-18-23/h9-18,20,27,29,32H,19,21H2,1-8H3,(H,42,46)(H,41,43,50)/b44-26-. The lowest BCUT2D eigenvalue weighted by atomic mass is 10.0. The molecule has 5 rings (SSSR count). The molecule has 0 radical (unpaired) electrons. The van der Waals surface area contributed by atoms with Gasteiger partial charge in [-0.05, 0) is 72.1 Å². The van der Waals surface area contributed by atoms with E-state index < -0.39 is 80.7 Å². The van der Waals surface area contributed by atoms with Crippen LogP contribution in [0.1, 0.15) is 78.3 Å². The number of amides is 3. The first-order chi connectivity index (χ1) is 26.7. The average molecular weight is 842 g/mol. The number of carbonyl (C=O) groups is 5. The Labute approximate surface area is 341 Å². The van der Waals surface area contributed by atoms with E-state index in [4.69, 9.17) is 30.6 Å². The average Bonchev–Trinajstić information content (AvgIpc) is 3.58. The summed E-state index contributed by atoms with van der Waals surface area (Å²) in [6, 6.07) is 16.7. The topological polar surface area (TPSA) is 192 Å². The number of alkyl halides is 1. The zero-order valence-electron chi connectivity index (χ0n) is 32.6. The Morgan fingerprint density at radius 3 is 2.07 bits per heavy atom. The molecule has 0 aliphatic carbocycles. The van der Waals surface area contributed by atoms with Gasteiger partial charge in [0.2, 0.25) is 5.60 Å². The zero-order valence-corrected chi connectivity index (χ0v) is 35.0. The molecule has 0 spiro atoms. The van der Waals surface area contributed by atoms with Gasteiger partial charge in [0.15, 0.2) is 16.9 Å². The van der Waals surface area contributed by atoms with Gasteiger partial charge in [0.1, 0.15) is 34.0 Å². The molecular weight excluding hydrogens is 798 g/mol. The first-order valence-electron chi connectivity index (χ1n) is 17.7. The summed E-state index contributed by atoms with van der Waals surface area (Å²) in [5, 5.41) is 9.29. The zero-order chi connectivity index (χ0) is 41.9. The number of esters is 2. The fraction of sp³-hybridized carbons (Fsp3) is 0.410. The van der Waals surface area contributed by atoms with Crippen molar-refractivity contribution >= 4 is 74.4 Å². The van der Waals surface area contributed by atoms with Crippen molar-refractivity contribution in [2.24, 2.45) is 5.16 Å². The molecule has 3 unspecified atom stereocenters. The quantitative estimate of drug-likeness (QED) is 0.0579. The molecule has 18 heteroatoms. The van der Waals surface area contributed by atoms with Crippen molar-refractivity contribution in [3.05, 3.63) is 94.1 Å². The van der Waals surface area contributed by atoms with Crippen LogP contribution in [0, 0.1) is 0 Å². The van der Waals surface area contributed by atoms with Gasteiger partial charge in [0.05, 0.1) is 16.6 Å². The van der Waals surface area contributed by atoms with E-state index in [2.05, 4.69) is 20.8 Å². The number of ether oxygens (including phenoxy) is 3. The number of oxime groups is 1. The van der Waals surface area contributed by atoms with Gasteiger partial charge in [-0.1, -0.05) is 65.8 Å². The molecule has 2 aromatic carbocycles. The highest BCUT2D eigenvalue weighted by molar-refractivity contribution is 7.86. The van der Waals surface area contributed by atoms with E-state index in [1.54, 1.807) is 90.1 Å². The van der Waals surface area contributed by atoms with E-state index in [9.17, 15) is 28.2 Å². The number of hydrogen-bond donors (Lipinski definition) is 2. The lowest BCUT2D eigenvalue weighted by Gasteiger charge is -2.49. The number of β-lactam (4-membered cyclic amide) rings is 1. The summed E-state index contributed by atoms with van der Waals surface area (Å²) in [6.07, 6.45) is -1.65. The fourth-order valence-corrected chi connectivity index (χ4v) is 8.23. The molecule has 15 nitrogen and oxygen atoms in total. The van der Waals surface area contributed by atoms with Crippen LogP contribution in [-0.4, -0.2) is 89.5 Å². The van der Waals surface area contributed by atoms with Crippen LogP contribution >= 0.6 is 22.9 Å². The number of benzene rings is 2. The van der Waals surface area contributed by atoms with Crippen LogP contribution in [0.4, 0.5) is 9.93 Å². The minimum absolute atomic E-state index is 0.0386. The number of rotatable bonds is 12. The van der Waals surface area contributed by atoms with Crippen molar-refractivity contribution in [3.63, 3.8) is 0 Å². The van der Waals surface area contributed by atoms with Crippen molar-refractivity contribution < 1.29 is 47.2 Å². The second kappa shape index (κ2) is 17.2. The minimum Gasteiger partial charge on any atom is -0.457 e. The second-order valence-corrected chi connectivity index (χ2v) is 18.1. The van der Waals surface area contributed by atoms with Gasteiger partial charge < -0.3 is 24.4 Å². The maximum atomic E-state index is 14.0. The fourth-order valence-electron chi connectivity index (χ4n) is 5.53. The van der Waals surface area contributed by atoms with Crippen molar-refractivity contribution in [1.29, 1.82) is 0 Å². The molecule has 2 N–H and O–H groups in total. The van der Waals surface area contributed by atoms with Crippen molar-refractivity contribution in [2.45, 2.75) is 89.7 Å². The van der Waals surface area contributed by atoms with E-state index in [1.807, 2.05) is 12.1 Å². The SMILES string of the molecule is CC(C)(C)OC(=O)Nc1nc(/C(=N/OC(C)(C)C(=O)OC(C)(C)C)C(=O)NC2C(=O)N3C(C(=O)OC(c4ccccc4)c4ccccc4)=C(CCl)CS(=O)C23)cs1. The van der Waals surface area contributed by atoms with Crippen LogP contribution in [0.25, 0.3) is 0 Å². The smallest absolute Gasteiger partial charge is 0.413 e. The normalized spacial score (nSPS) is 18.6. The summed E-state index contributed by atoms with van der Waals surface area (Å²) in [5.41, 5.74) is -2.52. The van der Waals surface area contributed by atoms with E-state index in [0.29, 0.717) is 11.1 Å². The predicted octanol–water partition coefficient (Wildman–Crippen LogP) is 5.57. The Morgan fingerprint density at radius 1 is 0.947 bits per heavy atom. The van der Waals surface area contributed by atoms with E-state index in [1.165, 1.54) is 19.2 Å². The summed E-state index contributed by atoms with van der Waals surface area (Å²) in [7, 11) is -1.82. The van der Waals surface area contributed by atoms with Gasteiger partial charge in [-0.3, -0.25) is 24.0 Å². The Morgan fingerprint density at radius 2 is 1.53 bits per heavy atom. The summed E-state index contributed by atoms with van der Waals surface area (Å²) in [6.45, 7) is 12.8. The molecule has 2 aliphatic rings.